The average molecular weight is 370 g/mol. The van der Waals surface area contributed by atoms with Crippen molar-refractivity contribution in [3.63, 3.8) is 0 Å². The number of carbonyl (C=O) groups excluding carboxylic acids is 2. The van der Waals surface area contributed by atoms with E-state index >= 15 is 0 Å². The molecule has 0 bridgehead atoms. The van der Waals surface area contributed by atoms with Gasteiger partial charge in [-0.05, 0) is 23.6 Å². The van der Waals surface area contributed by atoms with Gasteiger partial charge in [-0.25, -0.2) is 4.79 Å². The molecule has 0 aromatic heterocycles. The van der Waals surface area contributed by atoms with Crippen LogP contribution in [-0.4, -0.2) is 37.4 Å². The topological polar surface area (TPSA) is 89.8 Å². The summed E-state index contributed by atoms with van der Waals surface area (Å²) in [5.74, 6) is -0.762. The Kier molecular flexibility index (Phi) is 6.28. The second-order valence-corrected chi connectivity index (χ2v) is 6.63. The predicted molar refractivity (Wildman–Crippen MR) is 103 cm³/mol. The molecule has 0 fully saturated rings. The summed E-state index contributed by atoms with van der Waals surface area (Å²) in [6, 6.07) is 11.2. The van der Waals surface area contributed by atoms with Crippen molar-refractivity contribution in [3.8, 4) is 0 Å². The number of nitrogens with zero attached hydrogens (tertiary/aromatic N) is 2. The second kappa shape index (κ2) is 8.44. The van der Waals surface area contributed by atoms with Crippen molar-refractivity contribution in [2.45, 2.75) is 19.8 Å². The van der Waals surface area contributed by atoms with Crippen molar-refractivity contribution in [2.75, 3.05) is 25.6 Å². The molecule has 0 saturated carbocycles. The lowest BCUT2D eigenvalue weighted by molar-refractivity contribution is -0.384. The minimum absolute atomic E-state index is 0.0234. The van der Waals surface area contributed by atoms with Gasteiger partial charge in [-0.3, -0.25) is 14.9 Å². The van der Waals surface area contributed by atoms with Crippen LogP contribution in [-0.2, 0) is 4.74 Å². The Labute approximate surface area is 157 Å². The minimum atomic E-state index is -0.782. The van der Waals surface area contributed by atoms with Gasteiger partial charge in [0.2, 0.25) is 0 Å². The third-order valence-corrected chi connectivity index (χ3v) is 4.12. The van der Waals surface area contributed by atoms with Crippen molar-refractivity contribution >= 4 is 23.1 Å². The Morgan fingerprint density at radius 1 is 1.07 bits per heavy atom. The molecule has 7 heteroatoms. The maximum Gasteiger partial charge on any atom is 0.338 e. The lowest BCUT2D eigenvalue weighted by atomic mass is 10.0. The Balaban J connectivity index is 2.07. The van der Waals surface area contributed by atoms with Crippen molar-refractivity contribution in [1.29, 1.82) is 0 Å². The molecule has 0 aliphatic carbocycles. The van der Waals surface area contributed by atoms with Crippen molar-refractivity contribution in [3.05, 3.63) is 69.3 Å². The van der Waals surface area contributed by atoms with E-state index < -0.39 is 17.5 Å². The summed E-state index contributed by atoms with van der Waals surface area (Å²) in [7, 11) is 3.34. The highest BCUT2D eigenvalue weighted by atomic mass is 16.6. The number of anilines is 1. The normalized spacial score (nSPS) is 10.6. The zero-order chi connectivity index (χ0) is 20.1. The number of ether oxygens (including phenoxy) is 1. The van der Waals surface area contributed by atoms with Crippen LogP contribution in [0.1, 0.15) is 46.0 Å². The number of nitro groups is 1. The Morgan fingerprint density at radius 3 is 2.19 bits per heavy atom. The molecule has 0 radical (unpaired) electrons. The van der Waals surface area contributed by atoms with E-state index in [9.17, 15) is 19.7 Å². The highest BCUT2D eigenvalue weighted by Crippen LogP contribution is 2.28. The van der Waals surface area contributed by atoms with Crippen LogP contribution in [0.2, 0.25) is 0 Å². The number of benzene rings is 2. The number of ketones is 1. The first-order chi connectivity index (χ1) is 12.7. The molecule has 142 valence electrons. The molecule has 0 saturated heterocycles. The Bertz CT molecular complexity index is 857. The van der Waals surface area contributed by atoms with Gasteiger partial charge in [0, 0.05) is 25.7 Å². The fourth-order valence-electron chi connectivity index (χ4n) is 2.53. The van der Waals surface area contributed by atoms with Gasteiger partial charge >= 0.3 is 5.97 Å². The van der Waals surface area contributed by atoms with Crippen molar-refractivity contribution < 1.29 is 19.2 Å². The fourth-order valence-corrected chi connectivity index (χ4v) is 2.53. The largest absolute Gasteiger partial charge is 0.454 e. The van der Waals surface area contributed by atoms with Gasteiger partial charge in [0.1, 0.15) is 5.69 Å². The molecule has 0 aliphatic rings. The van der Waals surface area contributed by atoms with E-state index in [1.54, 1.807) is 31.1 Å². The van der Waals surface area contributed by atoms with E-state index in [0.29, 0.717) is 17.2 Å². The minimum Gasteiger partial charge on any atom is -0.454 e. The molecule has 2 aromatic carbocycles. The molecule has 0 aliphatic heterocycles. The number of hydrogen-bond donors (Lipinski definition) is 0. The summed E-state index contributed by atoms with van der Waals surface area (Å²) in [5, 5.41) is 11.2. The molecule has 7 nitrogen and oxygen atoms in total. The van der Waals surface area contributed by atoms with Gasteiger partial charge in [0.25, 0.3) is 5.69 Å². The van der Waals surface area contributed by atoms with Gasteiger partial charge in [-0.2, -0.15) is 0 Å². The first kappa shape index (κ1) is 20.1. The molecule has 0 spiro atoms. The fraction of sp³-hybridized carbons (Fsp3) is 0.300. The summed E-state index contributed by atoms with van der Waals surface area (Å²) >= 11 is 0. The monoisotopic (exact) mass is 370 g/mol. The van der Waals surface area contributed by atoms with Gasteiger partial charge < -0.3 is 9.64 Å². The second-order valence-electron chi connectivity index (χ2n) is 6.63. The van der Waals surface area contributed by atoms with Crippen molar-refractivity contribution in [2.24, 2.45) is 0 Å². The number of esters is 1. The van der Waals surface area contributed by atoms with Crippen LogP contribution in [0.25, 0.3) is 0 Å². The van der Waals surface area contributed by atoms with Gasteiger partial charge in [-0.1, -0.05) is 38.1 Å². The van der Waals surface area contributed by atoms with Crippen LogP contribution >= 0.6 is 0 Å². The molecule has 0 N–H and O–H groups in total. The predicted octanol–water partition coefficient (Wildman–Crippen LogP) is 3.82. The van der Waals surface area contributed by atoms with E-state index in [-0.39, 0.29) is 17.0 Å². The van der Waals surface area contributed by atoms with E-state index in [1.165, 1.54) is 12.1 Å². The molecule has 2 aromatic rings. The number of carbonyl (C=O) groups is 2. The molecule has 0 unspecified atom stereocenters. The lowest BCUT2D eigenvalue weighted by Crippen LogP contribution is -2.15. The van der Waals surface area contributed by atoms with E-state index in [2.05, 4.69) is 13.8 Å². The molecule has 0 atom stereocenters. The molecular weight excluding hydrogens is 348 g/mol. The summed E-state index contributed by atoms with van der Waals surface area (Å²) in [5.41, 5.74) is 1.75. The highest BCUT2D eigenvalue weighted by Gasteiger charge is 2.20. The van der Waals surface area contributed by atoms with Crippen LogP contribution in [0, 0.1) is 10.1 Å². The van der Waals surface area contributed by atoms with Crippen LogP contribution in [0.4, 0.5) is 11.4 Å². The summed E-state index contributed by atoms with van der Waals surface area (Å²) < 4.78 is 5.03. The number of rotatable bonds is 7. The van der Waals surface area contributed by atoms with Crippen molar-refractivity contribution in [1.82, 2.24) is 0 Å². The quantitative estimate of drug-likeness (QED) is 0.318. The number of hydrogen-bond acceptors (Lipinski definition) is 6. The smallest absolute Gasteiger partial charge is 0.338 e. The maximum atomic E-state index is 12.2. The number of nitro benzene ring substituents is 1. The van der Waals surface area contributed by atoms with Crippen LogP contribution in [0.3, 0.4) is 0 Å². The summed E-state index contributed by atoms with van der Waals surface area (Å²) in [4.78, 5) is 36.6. The first-order valence-electron chi connectivity index (χ1n) is 8.46. The van der Waals surface area contributed by atoms with Crippen LogP contribution in [0.15, 0.2) is 42.5 Å². The molecular formula is C20H22N2O5. The van der Waals surface area contributed by atoms with Gasteiger partial charge in [0.05, 0.1) is 10.5 Å². The zero-order valence-electron chi connectivity index (χ0n) is 15.8. The van der Waals surface area contributed by atoms with Crippen LogP contribution < -0.4 is 4.90 Å². The first-order valence-corrected chi connectivity index (χ1v) is 8.46. The Morgan fingerprint density at radius 2 is 1.67 bits per heavy atom. The van der Waals surface area contributed by atoms with E-state index in [1.807, 2.05) is 12.1 Å². The van der Waals surface area contributed by atoms with Crippen LogP contribution in [0.5, 0.6) is 0 Å². The highest BCUT2D eigenvalue weighted by molar-refractivity contribution is 5.99. The molecule has 27 heavy (non-hydrogen) atoms. The third kappa shape index (κ3) is 4.91. The van der Waals surface area contributed by atoms with Gasteiger partial charge in [0.15, 0.2) is 12.4 Å². The average Bonchev–Trinajstić information content (AvgIpc) is 2.65. The summed E-state index contributed by atoms with van der Waals surface area (Å²) in [6.45, 7) is 3.68. The zero-order valence-corrected chi connectivity index (χ0v) is 15.8. The Hall–Kier alpha value is -3.22. The molecule has 2 rings (SSSR count). The third-order valence-electron chi connectivity index (χ3n) is 4.12. The summed E-state index contributed by atoms with van der Waals surface area (Å²) in [6.07, 6.45) is 0. The van der Waals surface area contributed by atoms with Gasteiger partial charge in [-0.15, -0.1) is 0 Å². The van der Waals surface area contributed by atoms with E-state index in [4.69, 9.17) is 4.74 Å². The maximum absolute atomic E-state index is 12.2. The lowest BCUT2D eigenvalue weighted by Gasteiger charge is -2.13. The molecule has 0 heterocycles. The number of Topliss-reactive ketones (excluding diaryl/α,β-unsaturated/α-hetero) is 1. The standard InChI is InChI=1S/C20H22N2O5/c1-13(2)14-5-7-15(8-6-14)19(23)12-27-20(24)16-9-10-17(21(3)4)18(11-16)22(25)26/h5-11,13H,12H2,1-4H3. The van der Waals surface area contributed by atoms with E-state index in [0.717, 1.165) is 11.6 Å². The SMILES string of the molecule is CC(C)c1ccc(C(=O)COC(=O)c2ccc(N(C)C)c([N+](=O)[O-])c2)cc1. The molecule has 0 amide bonds.